The van der Waals surface area contributed by atoms with Gasteiger partial charge in [-0.1, -0.05) is 18.2 Å². The third-order valence-corrected chi connectivity index (χ3v) is 1.58. The molecule has 0 radical (unpaired) electrons. The molecular formula is C10H9F3O3. The molecule has 0 aliphatic rings. The van der Waals surface area contributed by atoms with Crippen LogP contribution in [0, 0.1) is 0 Å². The molecule has 1 atom stereocenters. The summed E-state index contributed by atoms with van der Waals surface area (Å²) in [5, 5.41) is 0. The van der Waals surface area contributed by atoms with Crippen molar-refractivity contribution in [1.82, 2.24) is 0 Å². The number of esters is 1. The van der Waals surface area contributed by atoms with Crippen LogP contribution < -0.4 is 0 Å². The summed E-state index contributed by atoms with van der Waals surface area (Å²) in [5.41, 5.74) is 0.167. The van der Waals surface area contributed by atoms with Crippen molar-refractivity contribution in [3.05, 3.63) is 35.9 Å². The van der Waals surface area contributed by atoms with E-state index in [9.17, 15) is 18.0 Å². The van der Waals surface area contributed by atoms with Gasteiger partial charge in [-0.25, -0.2) is 4.79 Å². The normalized spacial score (nSPS) is 13.2. The lowest BCUT2D eigenvalue weighted by molar-refractivity contribution is -0.367. The zero-order chi connectivity index (χ0) is 12.2. The van der Waals surface area contributed by atoms with Gasteiger partial charge in [0, 0.05) is 0 Å². The Bertz CT molecular complexity index is 348. The average molecular weight is 234 g/mol. The molecule has 0 aromatic heterocycles. The number of hydrogen-bond acceptors (Lipinski definition) is 3. The van der Waals surface area contributed by atoms with Gasteiger partial charge in [-0.3, -0.25) is 4.74 Å². The Morgan fingerprint density at radius 3 is 2.31 bits per heavy atom. The molecule has 0 fully saturated rings. The summed E-state index contributed by atoms with van der Waals surface area (Å²) in [5.74, 6) is -0.864. The van der Waals surface area contributed by atoms with E-state index in [4.69, 9.17) is 0 Å². The van der Waals surface area contributed by atoms with Gasteiger partial charge in [0.05, 0.1) is 5.56 Å². The number of benzene rings is 1. The Labute approximate surface area is 89.8 Å². The van der Waals surface area contributed by atoms with E-state index in [2.05, 4.69) is 9.47 Å². The molecule has 1 rings (SSSR count). The summed E-state index contributed by atoms with van der Waals surface area (Å²) in [6, 6.07) is 7.69. The van der Waals surface area contributed by atoms with Crippen molar-refractivity contribution < 1.29 is 27.4 Å². The van der Waals surface area contributed by atoms with E-state index in [0.717, 1.165) is 6.92 Å². The first-order valence-electron chi connectivity index (χ1n) is 4.39. The molecule has 1 aromatic carbocycles. The second-order valence-corrected chi connectivity index (χ2v) is 2.90. The Hall–Kier alpha value is -1.56. The molecule has 16 heavy (non-hydrogen) atoms. The first-order valence-corrected chi connectivity index (χ1v) is 4.39. The molecule has 0 N–H and O–H groups in total. The average Bonchev–Trinajstić information content (AvgIpc) is 2.16. The third-order valence-electron chi connectivity index (χ3n) is 1.58. The van der Waals surface area contributed by atoms with Crippen LogP contribution in [0.5, 0.6) is 0 Å². The number of carbonyl (C=O) groups excluding carboxylic acids is 1. The van der Waals surface area contributed by atoms with Crippen molar-refractivity contribution >= 4 is 5.97 Å². The Morgan fingerprint density at radius 1 is 1.25 bits per heavy atom. The van der Waals surface area contributed by atoms with E-state index < -0.39 is 18.6 Å². The first-order chi connectivity index (χ1) is 7.38. The minimum atomic E-state index is -4.82. The second-order valence-electron chi connectivity index (χ2n) is 2.90. The number of hydrogen-bond donors (Lipinski definition) is 0. The third kappa shape index (κ3) is 4.31. The molecule has 6 heteroatoms. The van der Waals surface area contributed by atoms with Crippen LogP contribution >= 0.6 is 0 Å². The van der Waals surface area contributed by atoms with Crippen LogP contribution in [0.2, 0.25) is 0 Å². The van der Waals surface area contributed by atoms with Gasteiger partial charge in [-0.2, -0.15) is 0 Å². The molecule has 0 aliphatic heterocycles. The highest BCUT2D eigenvalue weighted by Gasteiger charge is 2.33. The number of alkyl halides is 3. The fraction of sp³-hybridized carbons (Fsp3) is 0.300. The SMILES string of the molecule is CC(OC(=O)c1ccccc1)OC(F)(F)F. The van der Waals surface area contributed by atoms with Crippen molar-refractivity contribution in [3.63, 3.8) is 0 Å². The Kier molecular flexibility index (Phi) is 3.89. The molecule has 0 amide bonds. The highest BCUT2D eigenvalue weighted by molar-refractivity contribution is 5.89. The first kappa shape index (κ1) is 12.5. The molecule has 1 unspecified atom stereocenters. The van der Waals surface area contributed by atoms with E-state index in [0.29, 0.717) is 0 Å². The molecule has 0 saturated heterocycles. The quantitative estimate of drug-likeness (QED) is 0.595. The van der Waals surface area contributed by atoms with Crippen LogP contribution in [-0.4, -0.2) is 18.6 Å². The van der Waals surface area contributed by atoms with Gasteiger partial charge in [-0.15, -0.1) is 13.2 Å². The molecule has 88 valence electrons. The van der Waals surface area contributed by atoms with Gasteiger partial charge in [-0.05, 0) is 19.1 Å². The maximum Gasteiger partial charge on any atom is 0.525 e. The second kappa shape index (κ2) is 4.98. The van der Waals surface area contributed by atoms with E-state index in [1.165, 1.54) is 12.1 Å². The molecule has 1 aromatic rings. The predicted octanol–water partition coefficient (Wildman–Crippen LogP) is 2.73. The summed E-state index contributed by atoms with van der Waals surface area (Å²) in [4.78, 5) is 11.3. The maximum atomic E-state index is 11.7. The molecule has 0 bridgehead atoms. The van der Waals surface area contributed by atoms with Crippen molar-refractivity contribution in [2.45, 2.75) is 19.6 Å². The molecular weight excluding hydrogens is 225 g/mol. The van der Waals surface area contributed by atoms with Crippen LogP contribution in [0.15, 0.2) is 30.3 Å². The van der Waals surface area contributed by atoms with Crippen LogP contribution in [0.25, 0.3) is 0 Å². The number of halogens is 3. The smallest absolute Gasteiger partial charge is 0.432 e. The van der Waals surface area contributed by atoms with Crippen molar-refractivity contribution in [2.24, 2.45) is 0 Å². The number of carbonyl (C=O) groups is 1. The standard InChI is InChI=1S/C10H9F3O3/c1-7(16-10(11,12)13)15-9(14)8-5-3-2-4-6-8/h2-7H,1H3. The molecule has 0 heterocycles. The fourth-order valence-electron chi connectivity index (χ4n) is 1.01. The molecule has 0 saturated carbocycles. The van der Waals surface area contributed by atoms with Gasteiger partial charge in [0.2, 0.25) is 6.29 Å². The number of rotatable bonds is 3. The summed E-state index contributed by atoms with van der Waals surface area (Å²) >= 11 is 0. The molecule has 0 aliphatic carbocycles. The summed E-state index contributed by atoms with van der Waals surface area (Å²) in [6.07, 6.45) is -6.50. The minimum absolute atomic E-state index is 0.167. The maximum absolute atomic E-state index is 11.7. The highest BCUT2D eigenvalue weighted by Crippen LogP contribution is 2.19. The van der Waals surface area contributed by atoms with Crippen molar-refractivity contribution in [1.29, 1.82) is 0 Å². The van der Waals surface area contributed by atoms with Crippen LogP contribution in [0.1, 0.15) is 17.3 Å². The van der Waals surface area contributed by atoms with Crippen LogP contribution in [0.3, 0.4) is 0 Å². The van der Waals surface area contributed by atoms with Gasteiger partial charge >= 0.3 is 12.3 Å². The summed E-state index contributed by atoms with van der Waals surface area (Å²) in [7, 11) is 0. The Morgan fingerprint density at radius 2 is 1.81 bits per heavy atom. The molecule has 0 spiro atoms. The highest BCUT2D eigenvalue weighted by atomic mass is 19.4. The zero-order valence-electron chi connectivity index (χ0n) is 8.32. The van der Waals surface area contributed by atoms with Crippen LogP contribution in [0.4, 0.5) is 13.2 Å². The van der Waals surface area contributed by atoms with E-state index in [1.807, 2.05) is 0 Å². The largest absolute Gasteiger partial charge is 0.525 e. The summed E-state index contributed by atoms with van der Waals surface area (Å²) in [6.45, 7) is 0.994. The van der Waals surface area contributed by atoms with Gasteiger partial charge in [0.1, 0.15) is 0 Å². The minimum Gasteiger partial charge on any atom is -0.432 e. The predicted molar refractivity (Wildman–Crippen MR) is 48.5 cm³/mol. The lowest BCUT2D eigenvalue weighted by atomic mass is 10.2. The van der Waals surface area contributed by atoms with Crippen molar-refractivity contribution in [3.8, 4) is 0 Å². The summed E-state index contributed by atoms with van der Waals surface area (Å²) < 4.78 is 43.2. The van der Waals surface area contributed by atoms with E-state index in [-0.39, 0.29) is 5.56 Å². The zero-order valence-corrected chi connectivity index (χ0v) is 8.32. The lowest BCUT2D eigenvalue weighted by Gasteiger charge is -2.15. The molecule has 3 nitrogen and oxygen atoms in total. The number of ether oxygens (including phenoxy) is 2. The lowest BCUT2D eigenvalue weighted by Crippen LogP contribution is -2.26. The van der Waals surface area contributed by atoms with Gasteiger partial charge in [0.25, 0.3) is 0 Å². The van der Waals surface area contributed by atoms with E-state index >= 15 is 0 Å². The van der Waals surface area contributed by atoms with Crippen molar-refractivity contribution in [2.75, 3.05) is 0 Å². The van der Waals surface area contributed by atoms with E-state index in [1.54, 1.807) is 18.2 Å². The van der Waals surface area contributed by atoms with Gasteiger partial charge in [0.15, 0.2) is 0 Å². The van der Waals surface area contributed by atoms with Gasteiger partial charge < -0.3 is 4.74 Å². The fourth-order valence-corrected chi connectivity index (χ4v) is 1.01. The van der Waals surface area contributed by atoms with Crippen LogP contribution in [-0.2, 0) is 9.47 Å². The Balaban J connectivity index is 2.53. The topological polar surface area (TPSA) is 35.5 Å². The monoisotopic (exact) mass is 234 g/mol.